The van der Waals surface area contributed by atoms with Gasteiger partial charge in [-0.2, -0.15) is 0 Å². The maximum absolute atomic E-state index is 13.2. The number of carboxylic acids is 1. The number of rotatable bonds is 9. The van der Waals surface area contributed by atoms with Crippen molar-refractivity contribution >= 4 is 18.0 Å². The number of hydrogen-bond donors (Lipinski definition) is 2. The van der Waals surface area contributed by atoms with E-state index in [9.17, 15) is 19.5 Å². The number of furan rings is 1. The normalized spacial score (nSPS) is 13.1. The van der Waals surface area contributed by atoms with Gasteiger partial charge in [-0.15, -0.1) is 0 Å². The minimum absolute atomic E-state index is 0.0662. The molecule has 0 aliphatic heterocycles. The Morgan fingerprint density at radius 1 is 1.03 bits per heavy atom. The highest BCUT2D eigenvalue weighted by Gasteiger charge is 2.32. The van der Waals surface area contributed by atoms with E-state index in [0.717, 1.165) is 27.8 Å². The molecule has 2 N–H and O–H groups in total. The monoisotopic (exact) mass is 476 g/mol. The van der Waals surface area contributed by atoms with Gasteiger partial charge in [-0.3, -0.25) is 9.59 Å². The molecule has 1 unspecified atom stereocenters. The molecule has 4 rings (SSSR count). The van der Waals surface area contributed by atoms with Gasteiger partial charge < -0.3 is 24.5 Å². The fourth-order valence-electron chi connectivity index (χ4n) is 4.45. The van der Waals surface area contributed by atoms with Gasteiger partial charge in [-0.1, -0.05) is 48.5 Å². The van der Waals surface area contributed by atoms with E-state index >= 15 is 0 Å². The molecule has 1 aliphatic carbocycles. The van der Waals surface area contributed by atoms with E-state index < -0.39 is 30.4 Å². The third-order valence-corrected chi connectivity index (χ3v) is 6.15. The highest BCUT2D eigenvalue weighted by atomic mass is 16.5. The van der Waals surface area contributed by atoms with Crippen molar-refractivity contribution in [3.05, 3.63) is 83.8 Å². The molecule has 0 radical (unpaired) electrons. The SMILES string of the molecule is CC(C)N(Cc1ccoc1)C(=O)C(CC(=O)O)NC(=O)OCC1c2ccccc2-c2ccccc21. The highest BCUT2D eigenvalue weighted by molar-refractivity contribution is 5.89. The summed E-state index contributed by atoms with van der Waals surface area (Å²) in [7, 11) is 0. The molecule has 182 valence electrons. The van der Waals surface area contributed by atoms with Gasteiger partial charge in [0.1, 0.15) is 12.6 Å². The van der Waals surface area contributed by atoms with Gasteiger partial charge in [-0.05, 0) is 42.2 Å². The molecule has 0 fully saturated rings. The van der Waals surface area contributed by atoms with Crippen LogP contribution < -0.4 is 5.32 Å². The number of hydrogen-bond acceptors (Lipinski definition) is 5. The Morgan fingerprint density at radius 3 is 2.20 bits per heavy atom. The zero-order valence-electron chi connectivity index (χ0n) is 19.6. The molecule has 1 aromatic heterocycles. The Morgan fingerprint density at radius 2 is 1.66 bits per heavy atom. The first kappa shape index (κ1) is 24.1. The van der Waals surface area contributed by atoms with Crippen molar-refractivity contribution in [1.82, 2.24) is 10.2 Å². The number of aliphatic carboxylic acids is 1. The number of carbonyl (C=O) groups excluding carboxylic acids is 2. The molecule has 0 spiro atoms. The van der Waals surface area contributed by atoms with Gasteiger partial charge in [0.25, 0.3) is 0 Å². The minimum Gasteiger partial charge on any atom is -0.481 e. The Bertz CT molecular complexity index is 1160. The quantitative estimate of drug-likeness (QED) is 0.474. The lowest BCUT2D eigenvalue weighted by atomic mass is 9.98. The molecule has 1 heterocycles. The Balaban J connectivity index is 1.45. The van der Waals surface area contributed by atoms with Gasteiger partial charge in [0.15, 0.2) is 0 Å². The molecule has 8 heteroatoms. The molecule has 1 atom stereocenters. The fraction of sp³-hybridized carbons (Fsp3) is 0.296. The largest absolute Gasteiger partial charge is 0.481 e. The first-order valence-electron chi connectivity index (χ1n) is 11.5. The van der Waals surface area contributed by atoms with Crippen LogP contribution in [-0.2, 0) is 20.9 Å². The average molecular weight is 477 g/mol. The first-order valence-corrected chi connectivity index (χ1v) is 11.5. The number of fused-ring (bicyclic) bond motifs is 3. The highest BCUT2D eigenvalue weighted by Crippen LogP contribution is 2.44. The van der Waals surface area contributed by atoms with Crippen molar-refractivity contribution in [3.63, 3.8) is 0 Å². The third-order valence-electron chi connectivity index (χ3n) is 6.15. The van der Waals surface area contributed by atoms with Crippen molar-refractivity contribution < 1.29 is 28.6 Å². The predicted molar refractivity (Wildman–Crippen MR) is 129 cm³/mol. The van der Waals surface area contributed by atoms with Crippen LogP contribution in [0.5, 0.6) is 0 Å². The van der Waals surface area contributed by atoms with Gasteiger partial charge >= 0.3 is 12.1 Å². The zero-order chi connectivity index (χ0) is 24.9. The van der Waals surface area contributed by atoms with E-state index in [1.165, 1.54) is 17.4 Å². The van der Waals surface area contributed by atoms with E-state index in [-0.39, 0.29) is 25.1 Å². The second-order valence-corrected chi connectivity index (χ2v) is 8.81. The summed E-state index contributed by atoms with van der Waals surface area (Å²) in [6.45, 7) is 3.94. The Labute approximate surface area is 203 Å². The third kappa shape index (κ3) is 5.37. The summed E-state index contributed by atoms with van der Waals surface area (Å²) < 4.78 is 10.6. The molecule has 0 saturated carbocycles. The number of nitrogens with one attached hydrogen (secondary N) is 1. The number of carboxylic acid groups (broad SMARTS) is 1. The fourth-order valence-corrected chi connectivity index (χ4v) is 4.45. The van der Waals surface area contributed by atoms with Crippen LogP contribution in [0.2, 0.25) is 0 Å². The lowest BCUT2D eigenvalue weighted by Crippen LogP contribution is -2.51. The molecular formula is C27H28N2O6. The van der Waals surface area contributed by atoms with E-state index in [2.05, 4.69) is 5.32 Å². The van der Waals surface area contributed by atoms with Crippen LogP contribution in [0.4, 0.5) is 4.79 Å². The molecule has 8 nitrogen and oxygen atoms in total. The van der Waals surface area contributed by atoms with Crippen LogP contribution in [0, 0.1) is 0 Å². The van der Waals surface area contributed by atoms with Crippen LogP contribution in [-0.4, -0.2) is 46.7 Å². The maximum Gasteiger partial charge on any atom is 0.407 e. The summed E-state index contributed by atoms with van der Waals surface area (Å²) >= 11 is 0. The Kier molecular flexibility index (Phi) is 7.19. The molecule has 0 bridgehead atoms. The number of nitrogens with zero attached hydrogens (tertiary/aromatic N) is 1. The average Bonchev–Trinajstić information content (AvgIpc) is 3.46. The van der Waals surface area contributed by atoms with Crippen LogP contribution >= 0.6 is 0 Å². The lowest BCUT2D eigenvalue weighted by molar-refractivity contribution is -0.143. The molecule has 1 aliphatic rings. The predicted octanol–water partition coefficient (Wildman–Crippen LogP) is 4.40. The van der Waals surface area contributed by atoms with E-state index in [1.807, 2.05) is 62.4 Å². The zero-order valence-corrected chi connectivity index (χ0v) is 19.6. The van der Waals surface area contributed by atoms with Crippen LogP contribution in [0.15, 0.2) is 71.5 Å². The van der Waals surface area contributed by atoms with Gasteiger partial charge in [0, 0.05) is 24.1 Å². The summed E-state index contributed by atoms with van der Waals surface area (Å²) in [5.74, 6) is -1.85. The van der Waals surface area contributed by atoms with Gasteiger partial charge in [0.2, 0.25) is 5.91 Å². The topological polar surface area (TPSA) is 109 Å². The second kappa shape index (κ2) is 10.5. The molecule has 2 aromatic carbocycles. The second-order valence-electron chi connectivity index (χ2n) is 8.81. The number of amides is 2. The van der Waals surface area contributed by atoms with E-state index in [4.69, 9.17) is 9.15 Å². The van der Waals surface area contributed by atoms with Crippen LogP contribution in [0.3, 0.4) is 0 Å². The molecule has 0 saturated heterocycles. The van der Waals surface area contributed by atoms with Crippen molar-refractivity contribution in [2.75, 3.05) is 6.61 Å². The van der Waals surface area contributed by atoms with Crippen LogP contribution in [0.1, 0.15) is 42.9 Å². The number of alkyl carbamates (subject to hydrolysis) is 1. The van der Waals surface area contributed by atoms with E-state index in [1.54, 1.807) is 6.07 Å². The van der Waals surface area contributed by atoms with E-state index in [0.29, 0.717) is 0 Å². The minimum atomic E-state index is -1.27. The lowest BCUT2D eigenvalue weighted by Gasteiger charge is -2.30. The molecular weight excluding hydrogens is 448 g/mol. The van der Waals surface area contributed by atoms with Gasteiger partial charge in [-0.25, -0.2) is 4.79 Å². The van der Waals surface area contributed by atoms with Crippen molar-refractivity contribution in [2.45, 2.75) is 44.8 Å². The Hall–Kier alpha value is -4.07. The smallest absolute Gasteiger partial charge is 0.407 e. The summed E-state index contributed by atoms with van der Waals surface area (Å²) in [6, 6.07) is 16.2. The van der Waals surface area contributed by atoms with Gasteiger partial charge in [0.05, 0.1) is 18.9 Å². The van der Waals surface area contributed by atoms with Crippen molar-refractivity contribution in [3.8, 4) is 11.1 Å². The summed E-state index contributed by atoms with van der Waals surface area (Å²) in [6.07, 6.45) is 1.63. The molecule has 2 amide bonds. The standard InChI is InChI=1S/C27H28N2O6/c1-17(2)29(14-18-11-12-34-15-18)26(32)24(13-25(30)31)28-27(33)35-16-23-21-9-5-3-7-19(21)20-8-4-6-10-22(20)23/h3-12,15,17,23-24H,13-14,16H2,1-2H3,(H,28,33)(H,30,31). The maximum atomic E-state index is 13.2. The molecule has 35 heavy (non-hydrogen) atoms. The summed E-state index contributed by atoms with van der Waals surface area (Å²) in [4.78, 5) is 38.9. The summed E-state index contributed by atoms with van der Waals surface area (Å²) in [5.41, 5.74) is 5.09. The number of ether oxygens (including phenoxy) is 1. The first-order chi connectivity index (χ1) is 16.8. The van der Waals surface area contributed by atoms with Crippen molar-refractivity contribution in [1.29, 1.82) is 0 Å². The van der Waals surface area contributed by atoms with Crippen LogP contribution in [0.25, 0.3) is 11.1 Å². The molecule has 3 aromatic rings. The number of carbonyl (C=O) groups is 3. The number of benzene rings is 2. The summed E-state index contributed by atoms with van der Waals surface area (Å²) in [5, 5.41) is 11.8. The van der Waals surface area contributed by atoms with Crippen molar-refractivity contribution in [2.24, 2.45) is 0 Å².